The Morgan fingerprint density at radius 2 is 1.55 bits per heavy atom. The minimum absolute atomic E-state index is 0.0846. The summed E-state index contributed by atoms with van der Waals surface area (Å²) in [6.07, 6.45) is 3.39. The fourth-order valence-corrected chi connectivity index (χ4v) is 4.91. The van der Waals surface area contributed by atoms with Crippen LogP contribution in [-0.2, 0) is 20.0 Å². The third-order valence-corrected chi connectivity index (χ3v) is 7.61. The maximum Gasteiger partial charge on any atom is 0.283 e. The highest BCUT2D eigenvalue weighted by Crippen LogP contribution is 2.36. The van der Waals surface area contributed by atoms with Crippen molar-refractivity contribution in [1.29, 1.82) is 0 Å². The monoisotopic (exact) mass is 487 g/mol. The molecule has 1 N–H and O–H groups in total. The summed E-state index contributed by atoms with van der Waals surface area (Å²) < 4.78 is 51.5. The van der Waals surface area contributed by atoms with Gasteiger partial charge in [-0.05, 0) is 35.4 Å². The number of pyridine rings is 1. The highest BCUT2D eigenvalue weighted by molar-refractivity contribution is 7.92. The van der Waals surface area contributed by atoms with Gasteiger partial charge in [0.1, 0.15) is 0 Å². The van der Waals surface area contributed by atoms with E-state index in [9.17, 15) is 26.8 Å². The van der Waals surface area contributed by atoms with Crippen molar-refractivity contribution in [3.8, 4) is 22.4 Å². The molecule has 4 rings (SSSR count). The van der Waals surface area contributed by atoms with Gasteiger partial charge in [0.15, 0.2) is 0 Å². The summed E-state index contributed by atoms with van der Waals surface area (Å²) in [4.78, 5) is 12.6. The van der Waals surface area contributed by atoms with Crippen LogP contribution in [0.4, 0.5) is 5.69 Å². The molecule has 9 nitrogen and oxygen atoms in total. The Morgan fingerprint density at radius 3 is 2.15 bits per heavy atom. The second kappa shape index (κ2) is 7.78. The van der Waals surface area contributed by atoms with Crippen LogP contribution in [0.1, 0.15) is 0 Å². The van der Waals surface area contributed by atoms with Gasteiger partial charge < -0.3 is 5.21 Å². The van der Waals surface area contributed by atoms with E-state index in [1.54, 1.807) is 6.07 Å². The van der Waals surface area contributed by atoms with Crippen molar-refractivity contribution in [3.05, 3.63) is 77.2 Å². The van der Waals surface area contributed by atoms with E-state index in [-0.39, 0.29) is 22.5 Å². The molecular weight excluding hydrogens is 466 g/mol. The first-order valence-electron chi connectivity index (χ1n) is 9.69. The Kier molecular flexibility index (Phi) is 5.33. The summed E-state index contributed by atoms with van der Waals surface area (Å²) >= 11 is 0. The third-order valence-electron chi connectivity index (χ3n) is 5.37. The third kappa shape index (κ3) is 4.12. The van der Waals surface area contributed by atoms with E-state index >= 15 is 0 Å². The average molecular weight is 488 g/mol. The molecule has 0 aliphatic rings. The highest BCUT2D eigenvalue weighted by atomic mass is 32.2. The van der Waals surface area contributed by atoms with Gasteiger partial charge in [0.25, 0.3) is 5.56 Å². The van der Waals surface area contributed by atoms with E-state index in [2.05, 4.69) is 0 Å². The van der Waals surface area contributed by atoms with Gasteiger partial charge in [-0.2, -0.15) is 0 Å². The maximum absolute atomic E-state index is 12.6. The van der Waals surface area contributed by atoms with Gasteiger partial charge >= 0.3 is 0 Å². The number of anilines is 1. The Hall–Kier alpha value is -3.57. The van der Waals surface area contributed by atoms with Crippen molar-refractivity contribution in [2.24, 2.45) is 0 Å². The zero-order chi connectivity index (χ0) is 24.1. The zero-order valence-corrected chi connectivity index (χ0v) is 19.6. The molecule has 0 aliphatic heterocycles. The van der Waals surface area contributed by atoms with E-state index in [0.717, 1.165) is 26.4 Å². The number of hydrogen-bond acceptors (Lipinski definition) is 6. The summed E-state index contributed by atoms with van der Waals surface area (Å²) in [7, 11) is -6.06. The number of fused-ring (bicyclic) bond motifs is 1. The molecule has 4 aromatic rings. The average Bonchev–Trinajstić information content (AvgIpc) is 3.19. The van der Waals surface area contributed by atoms with E-state index in [1.807, 2.05) is 30.3 Å². The first-order chi connectivity index (χ1) is 15.4. The first-order valence-corrected chi connectivity index (χ1v) is 13.4. The largest absolute Gasteiger partial charge is 0.425 e. The van der Waals surface area contributed by atoms with Crippen molar-refractivity contribution in [3.63, 3.8) is 0 Å². The standard InChI is InChI=1S/C22H21N3O6S2/c1-23(32(2,28)29)17-13-19(18-9-10-24(20(18)14-17)33(3,30)31)21-11-16(12-22(26)25(21)27)15-7-5-4-6-8-15/h4-14,27H,1-3H3. The predicted molar refractivity (Wildman–Crippen MR) is 128 cm³/mol. The lowest BCUT2D eigenvalue weighted by Crippen LogP contribution is -2.25. The molecule has 0 aliphatic carbocycles. The van der Waals surface area contributed by atoms with Gasteiger partial charge in [-0.3, -0.25) is 9.10 Å². The van der Waals surface area contributed by atoms with Crippen molar-refractivity contribution in [2.45, 2.75) is 0 Å². The molecule has 0 amide bonds. The van der Waals surface area contributed by atoms with Gasteiger partial charge in [0.2, 0.25) is 20.0 Å². The summed E-state index contributed by atoms with van der Waals surface area (Å²) in [6, 6.07) is 16.4. The number of hydrogen-bond donors (Lipinski definition) is 1. The number of aromatic nitrogens is 2. The van der Waals surface area contributed by atoms with Gasteiger partial charge in [0, 0.05) is 30.3 Å². The Balaban J connectivity index is 2.11. The van der Waals surface area contributed by atoms with Crippen LogP contribution in [0.2, 0.25) is 0 Å². The Labute approximate surface area is 190 Å². The molecule has 2 heterocycles. The quantitative estimate of drug-likeness (QED) is 0.432. The van der Waals surface area contributed by atoms with Crippen LogP contribution in [0, 0.1) is 0 Å². The van der Waals surface area contributed by atoms with Gasteiger partial charge in [-0.15, -0.1) is 4.73 Å². The smallest absolute Gasteiger partial charge is 0.283 e. The zero-order valence-electron chi connectivity index (χ0n) is 18.0. The molecule has 0 fully saturated rings. The number of rotatable bonds is 5. The summed E-state index contributed by atoms with van der Waals surface area (Å²) in [5, 5.41) is 11.0. The minimum atomic E-state index is -3.71. The molecule has 172 valence electrons. The van der Waals surface area contributed by atoms with Crippen LogP contribution in [-0.4, -0.2) is 50.3 Å². The normalized spacial score (nSPS) is 12.2. The molecule has 0 saturated heterocycles. The van der Waals surface area contributed by atoms with Gasteiger partial charge in [-0.25, -0.2) is 20.8 Å². The Bertz CT molecular complexity index is 1650. The lowest BCUT2D eigenvalue weighted by atomic mass is 10.0. The highest BCUT2D eigenvalue weighted by Gasteiger charge is 2.21. The van der Waals surface area contributed by atoms with Crippen molar-refractivity contribution >= 4 is 36.6 Å². The minimum Gasteiger partial charge on any atom is -0.425 e. The SMILES string of the molecule is CN(c1cc(-c2cc(-c3ccccc3)cc(=O)n2O)c2ccn(S(C)(=O)=O)c2c1)S(C)(=O)=O. The lowest BCUT2D eigenvalue weighted by molar-refractivity contribution is 0.180. The molecule has 0 spiro atoms. The van der Waals surface area contributed by atoms with Gasteiger partial charge in [0.05, 0.1) is 29.4 Å². The fourth-order valence-electron chi connectivity index (χ4n) is 3.63. The molecule has 0 bridgehead atoms. The van der Waals surface area contributed by atoms with E-state index in [0.29, 0.717) is 15.7 Å². The molecule has 11 heteroatoms. The maximum atomic E-state index is 12.6. The first kappa shape index (κ1) is 22.6. The van der Waals surface area contributed by atoms with Crippen LogP contribution in [0.5, 0.6) is 0 Å². The van der Waals surface area contributed by atoms with Crippen LogP contribution in [0.25, 0.3) is 33.3 Å². The van der Waals surface area contributed by atoms with E-state index in [1.165, 1.54) is 37.5 Å². The van der Waals surface area contributed by atoms with Crippen molar-refractivity contribution in [2.75, 3.05) is 23.9 Å². The molecule has 2 aromatic carbocycles. The van der Waals surface area contributed by atoms with E-state index < -0.39 is 25.6 Å². The summed E-state index contributed by atoms with van der Waals surface area (Å²) in [6.45, 7) is 0. The second-order valence-electron chi connectivity index (χ2n) is 7.68. The van der Waals surface area contributed by atoms with Crippen molar-refractivity contribution < 1.29 is 22.0 Å². The molecular formula is C22H21N3O6S2. The topological polar surface area (TPSA) is 119 Å². The summed E-state index contributed by atoms with van der Waals surface area (Å²) in [5.41, 5.74) is 1.34. The van der Waals surface area contributed by atoms with E-state index in [4.69, 9.17) is 0 Å². The van der Waals surface area contributed by atoms with Crippen LogP contribution in [0.15, 0.2) is 71.7 Å². The van der Waals surface area contributed by atoms with Gasteiger partial charge in [-0.1, -0.05) is 30.3 Å². The Morgan fingerprint density at radius 1 is 0.879 bits per heavy atom. The second-order valence-corrected chi connectivity index (χ2v) is 11.5. The summed E-state index contributed by atoms with van der Waals surface area (Å²) in [5.74, 6) is 0. The number of nitrogens with zero attached hydrogens (tertiary/aromatic N) is 3. The number of benzene rings is 2. The molecule has 0 radical (unpaired) electrons. The lowest BCUT2D eigenvalue weighted by Gasteiger charge is -2.19. The predicted octanol–water partition coefficient (Wildman–Crippen LogP) is 2.58. The van der Waals surface area contributed by atoms with Crippen LogP contribution >= 0.6 is 0 Å². The van der Waals surface area contributed by atoms with Crippen LogP contribution < -0.4 is 9.86 Å². The number of sulfonamides is 1. The molecule has 33 heavy (non-hydrogen) atoms. The molecule has 0 unspecified atom stereocenters. The fraction of sp³-hybridized carbons (Fsp3) is 0.136. The van der Waals surface area contributed by atoms with Crippen LogP contribution in [0.3, 0.4) is 0 Å². The molecule has 0 atom stereocenters. The molecule has 0 saturated carbocycles. The van der Waals surface area contributed by atoms with Crippen molar-refractivity contribution in [1.82, 2.24) is 8.70 Å². The molecule has 2 aromatic heterocycles.